The summed E-state index contributed by atoms with van der Waals surface area (Å²) in [6.45, 7) is 9.19. The topological polar surface area (TPSA) is 438 Å². The molecule has 2 saturated carbocycles. The van der Waals surface area contributed by atoms with Gasteiger partial charge in [-0.05, 0) is 97.5 Å². The second kappa shape index (κ2) is 47.8. The second-order valence-electron chi connectivity index (χ2n) is 19.9. The van der Waals surface area contributed by atoms with E-state index in [9.17, 15) is 57.5 Å². The summed E-state index contributed by atoms with van der Waals surface area (Å²) in [5, 5.41) is 23.3. The number of rotatable bonds is 20. The summed E-state index contributed by atoms with van der Waals surface area (Å²) in [5.74, 6) is -7.61. The van der Waals surface area contributed by atoms with E-state index >= 15 is 0 Å². The molecule has 3 atom stereocenters. The van der Waals surface area contributed by atoms with Gasteiger partial charge in [0.1, 0.15) is 18.5 Å². The first-order chi connectivity index (χ1) is 46.0. The van der Waals surface area contributed by atoms with Crippen LogP contribution in [0.3, 0.4) is 0 Å². The largest absolute Gasteiger partial charge is 1.00 e. The van der Waals surface area contributed by atoms with Crippen molar-refractivity contribution >= 4 is 153 Å². The average molecular weight is 1730 g/mol. The quantitative estimate of drug-likeness (QED) is 0.0240. The zero-order chi connectivity index (χ0) is 72.7. The third-order valence-corrected chi connectivity index (χ3v) is 19.8. The molecule has 2 spiro atoms. The van der Waals surface area contributed by atoms with Crippen LogP contribution in [0.4, 0.5) is 14.4 Å². The third kappa shape index (κ3) is 34.6. The van der Waals surface area contributed by atoms with Crippen LogP contribution in [-0.2, 0) is 130 Å². The fourth-order valence-electron chi connectivity index (χ4n) is 8.57. The number of nitrogens with one attached hydrogen (secondary N) is 3. The van der Waals surface area contributed by atoms with Crippen molar-refractivity contribution in [1.82, 2.24) is 16.0 Å². The van der Waals surface area contributed by atoms with Crippen molar-refractivity contribution in [3.63, 3.8) is 0 Å². The van der Waals surface area contributed by atoms with Crippen molar-refractivity contribution in [3.05, 3.63) is 100 Å². The molecule has 0 bridgehead atoms. The Morgan fingerprint density at radius 3 is 1.17 bits per heavy atom. The average Bonchev–Trinajstić information content (AvgIpc) is 1.51. The minimum Gasteiger partial charge on any atom is -0.422 e. The summed E-state index contributed by atoms with van der Waals surface area (Å²) in [5.41, 5.74) is 2.42. The first-order valence-corrected chi connectivity index (χ1v) is 35.5. The Hall–Kier alpha value is -7.15. The number of esters is 7. The summed E-state index contributed by atoms with van der Waals surface area (Å²) >= 11 is -1.79. The Bertz CT molecular complexity index is 3130. The molecule has 3 aromatic rings. The molecule has 2 aliphatic carbocycles. The molecule has 3 amide bonds. The number of carbonyl (C=O) groups is 13. The van der Waals surface area contributed by atoms with Crippen molar-refractivity contribution < 1.29 is 165 Å². The van der Waals surface area contributed by atoms with E-state index in [4.69, 9.17) is 68.6 Å². The number of alkyl carbamates (subject to hydrolysis) is 3. The van der Waals surface area contributed by atoms with Gasteiger partial charge in [-0.25, -0.2) is 28.8 Å². The van der Waals surface area contributed by atoms with Gasteiger partial charge in [0, 0.05) is 52.6 Å². The fourth-order valence-corrected chi connectivity index (χ4v) is 13.6. The molecule has 0 radical (unpaired) electrons. The van der Waals surface area contributed by atoms with Crippen LogP contribution in [0.2, 0.25) is 0 Å². The van der Waals surface area contributed by atoms with Gasteiger partial charge in [0.25, 0.3) is 17.5 Å². The smallest absolute Gasteiger partial charge is 0.422 e. The van der Waals surface area contributed by atoms with E-state index in [-0.39, 0.29) is 79.5 Å². The summed E-state index contributed by atoms with van der Waals surface area (Å²) in [4.78, 5) is 151. The Labute approximate surface area is 618 Å². The molecule has 534 valence electrons. The van der Waals surface area contributed by atoms with E-state index in [0.717, 1.165) is 50.9 Å². The monoisotopic (exact) mass is 1730 g/mol. The number of benzene rings is 3. The number of halogens is 3. The van der Waals surface area contributed by atoms with Crippen LogP contribution in [0.25, 0.3) is 0 Å². The number of hydrogen-bond acceptors (Lipinski definition) is 28. The van der Waals surface area contributed by atoms with Crippen molar-refractivity contribution in [2.75, 3.05) is 41.2 Å². The minimum absolute atomic E-state index is 0. The first-order valence-electron chi connectivity index (χ1n) is 29.4. The van der Waals surface area contributed by atoms with E-state index in [2.05, 4.69) is 48.1 Å². The SMILES string of the molecule is CC(=O)O.CCOC(=O)N[C@@H](Cc1ccc(I(OC(C)=O)OC(C)=O)cc1)C(=O)OC.CCOC(=O)N[C@@H](Cc1ccc(I)cc1)C(=O)OC.CCOC(=O)N[C@@H](Cc1ccc(I=C2C(=O)OC3(CCCC3)OC2=O)cc1)C(=O)OC.O=BO[O-].O=C1CC(=O)OC2(CCCC2)O1.[Na+]. The summed E-state index contributed by atoms with van der Waals surface area (Å²) in [6.07, 6.45) is 4.51. The van der Waals surface area contributed by atoms with Gasteiger partial charge in [0.2, 0.25) is 0 Å². The molecule has 2 saturated heterocycles. The predicted octanol–water partition coefficient (Wildman–Crippen LogP) is 2.55. The number of hydrogen-bond donors (Lipinski definition) is 4. The summed E-state index contributed by atoms with van der Waals surface area (Å²) in [6, 6.07) is 18.9. The van der Waals surface area contributed by atoms with Gasteiger partial charge in [-0.1, -0.05) is 45.0 Å². The van der Waals surface area contributed by atoms with Crippen molar-refractivity contribution in [2.45, 2.75) is 148 Å². The number of aliphatic carboxylic acids is 1. The molecule has 4 fully saturated rings. The van der Waals surface area contributed by atoms with Gasteiger partial charge >= 0.3 is 265 Å². The molecule has 2 heterocycles. The number of methoxy groups -OCH3 is 3. The Kier molecular flexibility index (Phi) is 43.3. The molecule has 2 aliphatic heterocycles. The van der Waals surface area contributed by atoms with Crippen LogP contribution < -0.4 is 50.8 Å². The van der Waals surface area contributed by atoms with Crippen LogP contribution in [0.1, 0.15) is 116 Å². The van der Waals surface area contributed by atoms with Crippen LogP contribution in [0.5, 0.6) is 0 Å². The second-order valence-corrected chi connectivity index (χ2v) is 27.4. The van der Waals surface area contributed by atoms with Crippen LogP contribution in [0.15, 0.2) is 72.8 Å². The molecule has 7 rings (SSSR count). The maximum Gasteiger partial charge on any atom is 1.00 e. The fraction of sp³-hybridized carbons (Fsp3) is 0.475. The Balaban J connectivity index is 0.000000651. The molecule has 3 aromatic carbocycles. The van der Waals surface area contributed by atoms with Gasteiger partial charge in [-0.2, -0.15) is 0 Å². The van der Waals surface area contributed by atoms with Gasteiger partial charge in [0.05, 0.1) is 27.4 Å². The van der Waals surface area contributed by atoms with Gasteiger partial charge in [-0.15, -0.1) is 0 Å². The van der Waals surface area contributed by atoms with E-state index in [1.807, 2.05) is 24.3 Å². The standard InChI is InChI=1S/C21H24INO8.C17H22INO8.C13H16INO4.C8H10O4.C2H4O2.BHO3.Na/c1-3-29-20(27)23-15(17(24)28-2)12-13-6-8-14(9-7-13)22-16-18(25)30-21(31-19(16)26)10-4-5-11-21;1-5-25-17(23)19-15(16(22)24-4)10-13-6-8-14(9-7-13)18(26-11(2)20)27-12(3)21;1-3-19-13(17)15-11(12(16)18-2)8-9-4-6-10(14)7-5-9;9-6-5-7(10)12-8(11-6)3-1-2-4-8;1-2(3)4;2-1-4-3;/h6-9,15H,3-5,10-12H2,1-2H3,(H,23,27);6-9,15H,5,10H2,1-4H3,(H,19,23);4-7,11H,3,8H2,1-2H3,(H,15,17);1-5H2;1H3,(H,3,4);3H;/q;;;;;;+1/p-1/t2*15-;11-;;;;/m000..../s1. The van der Waals surface area contributed by atoms with E-state index in [1.165, 1.54) is 35.2 Å². The molecule has 4 aliphatic rings. The van der Waals surface area contributed by atoms with E-state index in [1.54, 1.807) is 69.3 Å². The summed E-state index contributed by atoms with van der Waals surface area (Å²) < 4.78 is 71.0. The van der Waals surface area contributed by atoms with Gasteiger partial charge < -0.3 is 53.6 Å². The van der Waals surface area contributed by atoms with Crippen molar-refractivity contribution in [3.8, 4) is 0 Å². The first kappa shape index (κ1) is 88.9. The van der Waals surface area contributed by atoms with Crippen LogP contribution >= 0.6 is 64.0 Å². The van der Waals surface area contributed by atoms with E-state index in [0.29, 0.717) is 41.2 Å². The molecule has 98 heavy (non-hydrogen) atoms. The molecular weight excluding hydrogens is 1650 g/mol. The molecule has 0 unspecified atom stereocenters. The number of amides is 3. The maximum absolute atomic E-state index is 12.4. The van der Waals surface area contributed by atoms with Crippen LogP contribution in [-0.4, -0.2) is 165 Å². The zero-order valence-corrected chi connectivity index (χ0v) is 63.8. The number of ether oxygens (including phenoxy) is 10. The maximum atomic E-state index is 12.4. The molecule has 32 nitrogen and oxygen atoms in total. The van der Waals surface area contributed by atoms with Crippen LogP contribution in [0, 0.1) is 10.7 Å². The van der Waals surface area contributed by atoms with Crippen molar-refractivity contribution in [2.24, 2.45) is 0 Å². The zero-order valence-electron chi connectivity index (χ0n) is 55.4. The van der Waals surface area contributed by atoms with Gasteiger partial charge in [-0.3, -0.25) is 14.4 Å². The van der Waals surface area contributed by atoms with Gasteiger partial charge in [0.15, 0.2) is 3.51 Å². The van der Waals surface area contributed by atoms with E-state index < -0.39 is 149 Å². The number of carboxylic acids is 1. The molecular formula is C61H76BI3N3NaO29. The molecule has 0 aromatic heterocycles. The molecule has 4 N–H and O–H groups in total. The molecule has 37 heteroatoms. The Morgan fingerprint density at radius 2 is 0.878 bits per heavy atom. The summed E-state index contributed by atoms with van der Waals surface area (Å²) in [7, 11) is 3.57. The Morgan fingerprint density at radius 1 is 0.571 bits per heavy atom. The predicted molar refractivity (Wildman–Crippen MR) is 357 cm³/mol. The van der Waals surface area contributed by atoms with Crippen molar-refractivity contribution in [1.29, 1.82) is 0 Å². The number of carboxylic acid groups (broad SMARTS) is 1. The third-order valence-electron chi connectivity index (χ3n) is 12.5. The number of carbonyl (C=O) groups excluding carboxylic acids is 12. The normalized spacial score (nSPS) is 14.9. The minimum atomic E-state index is -2.90.